The maximum atomic E-state index is 10.2. The van der Waals surface area contributed by atoms with Crippen LogP contribution < -0.4 is 5.11 Å². The number of carbonyl (C=O) groups excluding carboxylic acids is 1. The minimum Gasteiger partial charge on any atom is -0.550 e. The molecule has 3 heteroatoms. The highest BCUT2D eigenvalue weighted by Crippen LogP contribution is 2.42. The van der Waals surface area contributed by atoms with Gasteiger partial charge in [-0.15, -0.1) is 0 Å². The van der Waals surface area contributed by atoms with Gasteiger partial charge in [0.2, 0.25) is 0 Å². The molecule has 10 heavy (non-hydrogen) atoms. The van der Waals surface area contributed by atoms with Crippen molar-refractivity contribution < 1.29 is 9.90 Å². The quantitative estimate of drug-likeness (QED) is 0.519. The van der Waals surface area contributed by atoms with Crippen molar-refractivity contribution in [2.75, 3.05) is 14.1 Å². The summed E-state index contributed by atoms with van der Waals surface area (Å²) >= 11 is 0. The van der Waals surface area contributed by atoms with Gasteiger partial charge in [-0.25, -0.2) is 0 Å². The molecule has 1 fully saturated rings. The van der Waals surface area contributed by atoms with Crippen LogP contribution in [0.3, 0.4) is 0 Å². The molecule has 0 bridgehead atoms. The Bertz CT molecular complexity index is 150. The van der Waals surface area contributed by atoms with Crippen molar-refractivity contribution in [1.29, 1.82) is 0 Å². The van der Waals surface area contributed by atoms with Crippen LogP contribution in [0.4, 0.5) is 0 Å². The number of carboxylic acids is 1. The number of carbonyl (C=O) groups is 1. The maximum absolute atomic E-state index is 10.2. The number of hydrogen-bond acceptors (Lipinski definition) is 3. The molecule has 0 atom stereocenters. The summed E-state index contributed by atoms with van der Waals surface area (Å²) in [7, 11) is 3.83. The van der Waals surface area contributed by atoms with Crippen LogP contribution >= 0.6 is 0 Å². The minimum atomic E-state index is -0.939. The van der Waals surface area contributed by atoms with Gasteiger partial charge in [-0.3, -0.25) is 0 Å². The van der Waals surface area contributed by atoms with Crippen LogP contribution in [-0.4, -0.2) is 30.5 Å². The second-order valence-electron chi connectivity index (χ2n) is 3.17. The van der Waals surface area contributed by atoms with Crippen LogP contribution in [0.1, 0.15) is 19.3 Å². The Kier molecular flexibility index (Phi) is 1.68. The molecule has 1 rings (SSSR count). The highest BCUT2D eigenvalue weighted by Gasteiger charge is 2.44. The first kappa shape index (κ1) is 7.54. The van der Waals surface area contributed by atoms with Crippen molar-refractivity contribution in [2.24, 2.45) is 0 Å². The molecule has 0 radical (unpaired) electrons. The molecule has 0 aliphatic heterocycles. The topological polar surface area (TPSA) is 43.4 Å². The minimum absolute atomic E-state index is 0.0567. The van der Waals surface area contributed by atoms with Crippen molar-refractivity contribution in [3.05, 3.63) is 0 Å². The van der Waals surface area contributed by atoms with E-state index in [4.69, 9.17) is 0 Å². The Morgan fingerprint density at radius 1 is 1.60 bits per heavy atom. The number of hydrogen-bond donors (Lipinski definition) is 0. The van der Waals surface area contributed by atoms with Gasteiger partial charge in [-0.2, -0.15) is 0 Å². The predicted molar refractivity (Wildman–Crippen MR) is 35.3 cm³/mol. The molecular weight excluding hydrogens is 130 g/mol. The molecule has 3 nitrogen and oxygen atoms in total. The lowest BCUT2D eigenvalue weighted by Gasteiger charge is -2.23. The zero-order valence-electron chi connectivity index (χ0n) is 6.39. The number of aliphatic carboxylic acids is 1. The van der Waals surface area contributed by atoms with Gasteiger partial charge in [0, 0.05) is 17.9 Å². The lowest BCUT2D eigenvalue weighted by atomic mass is 10.1. The lowest BCUT2D eigenvalue weighted by Crippen LogP contribution is -2.37. The maximum Gasteiger partial charge on any atom is 0.0432 e. The Morgan fingerprint density at radius 2 is 2.10 bits per heavy atom. The molecule has 0 unspecified atom stereocenters. The Labute approximate surface area is 60.6 Å². The SMILES string of the molecule is CN(C)C1(CC(=O)[O-])CC1. The third kappa shape index (κ3) is 1.29. The first-order valence-electron chi connectivity index (χ1n) is 3.44. The van der Waals surface area contributed by atoms with E-state index in [1.165, 1.54) is 0 Å². The van der Waals surface area contributed by atoms with Gasteiger partial charge in [-0.1, -0.05) is 0 Å². The summed E-state index contributed by atoms with van der Waals surface area (Å²) in [5.74, 6) is -0.939. The molecule has 1 aliphatic carbocycles. The molecular formula is C7H12NO2-. The van der Waals surface area contributed by atoms with Crippen molar-refractivity contribution >= 4 is 5.97 Å². The molecule has 0 aromatic heterocycles. The molecule has 0 aromatic rings. The van der Waals surface area contributed by atoms with Gasteiger partial charge in [0.1, 0.15) is 0 Å². The number of carboxylic acid groups (broad SMARTS) is 1. The molecule has 0 N–H and O–H groups in total. The summed E-state index contributed by atoms with van der Waals surface area (Å²) in [4.78, 5) is 12.2. The second-order valence-corrected chi connectivity index (χ2v) is 3.17. The zero-order valence-corrected chi connectivity index (χ0v) is 6.39. The second kappa shape index (κ2) is 2.23. The van der Waals surface area contributed by atoms with Crippen molar-refractivity contribution in [2.45, 2.75) is 24.8 Å². The summed E-state index contributed by atoms with van der Waals surface area (Å²) in [6.07, 6.45) is 2.17. The van der Waals surface area contributed by atoms with Crippen molar-refractivity contribution in [3.8, 4) is 0 Å². The fraction of sp³-hybridized carbons (Fsp3) is 0.857. The van der Waals surface area contributed by atoms with Crippen molar-refractivity contribution in [3.63, 3.8) is 0 Å². The van der Waals surface area contributed by atoms with Gasteiger partial charge < -0.3 is 14.8 Å². The van der Waals surface area contributed by atoms with Crippen LogP contribution in [0.25, 0.3) is 0 Å². The number of rotatable bonds is 3. The van der Waals surface area contributed by atoms with Gasteiger partial charge in [0.25, 0.3) is 0 Å². The summed E-state index contributed by atoms with van der Waals surface area (Å²) in [5.41, 5.74) is -0.0567. The highest BCUT2D eigenvalue weighted by molar-refractivity contribution is 5.66. The first-order valence-corrected chi connectivity index (χ1v) is 3.44. The predicted octanol–water partition coefficient (Wildman–Crippen LogP) is -0.779. The zero-order chi connectivity index (χ0) is 7.78. The fourth-order valence-corrected chi connectivity index (χ4v) is 1.20. The lowest BCUT2D eigenvalue weighted by molar-refractivity contribution is -0.307. The summed E-state index contributed by atoms with van der Waals surface area (Å²) in [5, 5.41) is 10.2. The van der Waals surface area contributed by atoms with Gasteiger partial charge >= 0.3 is 0 Å². The van der Waals surface area contributed by atoms with Gasteiger partial charge in [0.15, 0.2) is 0 Å². The van der Waals surface area contributed by atoms with Crippen LogP contribution in [0, 0.1) is 0 Å². The van der Waals surface area contributed by atoms with Gasteiger partial charge in [0.05, 0.1) is 0 Å². The van der Waals surface area contributed by atoms with E-state index in [9.17, 15) is 9.90 Å². The molecule has 0 spiro atoms. The number of nitrogens with zero attached hydrogens (tertiary/aromatic N) is 1. The van der Waals surface area contributed by atoms with Crippen LogP contribution in [-0.2, 0) is 4.79 Å². The van der Waals surface area contributed by atoms with Crippen LogP contribution in [0.5, 0.6) is 0 Å². The average Bonchev–Trinajstić information content (AvgIpc) is 2.46. The summed E-state index contributed by atoms with van der Waals surface area (Å²) in [6, 6.07) is 0. The fourth-order valence-electron chi connectivity index (χ4n) is 1.20. The van der Waals surface area contributed by atoms with E-state index < -0.39 is 5.97 Å². The molecule has 0 saturated heterocycles. The van der Waals surface area contributed by atoms with E-state index in [0.29, 0.717) is 0 Å². The largest absolute Gasteiger partial charge is 0.550 e. The van der Waals surface area contributed by atoms with E-state index in [2.05, 4.69) is 0 Å². The summed E-state index contributed by atoms with van der Waals surface area (Å²) < 4.78 is 0. The molecule has 0 heterocycles. The van der Waals surface area contributed by atoms with E-state index in [-0.39, 0.29) is 12.0 Å². The van der Waals surface area contributed by atoms with Crippen molar-refractivity contribution in [1.82, 2.24) is 4.90 Å². The van der Waals surface area contributed by atoms with Crippen LogP contribution in [0.2, 0.25) is 0 Å². The first-order chi connectivity index (χ1) is 4.57. The standard InChI is InChI=1S/C7H13NO2/c1-8(2)7(3-4-7)5-6(9)10/h3-5H2,1-2H3,(H,9,10)/p-1. The third-order valence-electron chi connectivity index (χ3n) is 2.25. The van der Waals surface area contributed by atoms with E-state index in [0.717, 1.165) is 12.8 Å². The molecule has 1 saturated carbocycles. The van der Waals surface area contributed by atoms with E-state index in [1.807, 2.05) is 19.0 Å². The summed E-state index contributed by atoms with van der Waals surface area (Å²) in [6.45, 7) is 0. The van der Waals surface area contributed by atoms with E-state index >= 15 is 0 Å². The van der Waals surface area contributed by atoms with E-state index in [1.54, 1.807) is 0 Å². The smallest absolute Gasteiger partial charge is 0.0432 e. The average molecular weight is 142 g/mol. The van der Waals surface area contributed by atoms with Crippen LogP contribution in [0.15, 0.2) is 0 Å². The van der Waals surface area contributed by atoms with Gasteiger partial charge in [-0.05, 0) is 26.9 Å². The Balaban J connectivity index is 2.45. The molecule has 58 valence electrons. The Morgan fingerprint density at radius 3 is 2.20 bits per heavy atom. The molecule has 0 aromatic carbocycles. The Hall–Kier alpha value is -0.570. The third-order valence-corrected chi connectivity index (χ3v) is 2.25. The molecule has 1 aliphatic rings. The normalized spacial score (nSPS) is 21.1. The monoisotopic (exact) mass is 142 g/mol. The highest BCUT2D eigenvalue weighted by atomic mass is 16.4. The molecule has 0 amide bonds.